The molecule has 1 heterocycles. The largest absolute Gasteiger partial charge is 0.493 e. The van der Waals surface area contributed by atoms with Crippen LogP contribution >= 0.6 is 0 Å². The van der Waals surface area contributed by atoms with Gasteiger partial charge in [0, 0.05) is 24.4 Å². The molecule has 4 heteroatoms. The molecule has 1 fully saturated rings. The van der Waals surface area contributed by atoms with Crippen molar-refractivity contribution in [1.82, 2.24) is 0 Å². The van der Waals surface area contributed by atoms with E-state index in [9.17, 15) is 0 Å². The lowest BCUT2D eigenvalue weighted by molar-refractivity contribution is 0.00925. The van der Waals surface area contributed by atoms with Crippen LogP contribution in [0.3, 0.4) is 0 Å². The first-order valence-electron chi connectivity index (χ1n) is 6.87. The second-order valence-electron chi connectivity index (χ2n) is 4.84. The minimum Gasteiger partial charge on any atom is -0.493 e. The van der Waals surface area contributed by atoms with Gasteiger partial charge < -0.3 is 19.5 Å². The molecular weight excluding hydrogens is 242 g/mol. The predicted molar refractivity (Wildman–Crippen MR) is 76.2 cm³/mol. The van der Waals surface area contributed by atoms with Gasteiger partial charge in [-0.05, 0) is 31.4 Å². The SMILES string of the molecule is CCC1CC(Nc2ccc(OC)c(OC)c2)CCO1. The van der Waals surface area contributed by atoms with Gasteiger partial charge in [-0.1, -0.05) is 6.92 Å². The monoisotopic (exact) mass is 265 g/mol. The highest BCUT2D eigenvalue weighted by Crippen LogP contribution is 2.31. The lowest BCUT2D eigenvalue weighted by Crippen LogP contribution is -2.33. The minimum atomic E-state index is 0.381. The van der Waals surface area contributed by atoms with E-state index in [0.717, 1.165) is 43.1 Å². The average Bonchev–Trinajstić information content (AvgIpc) is 2.47. The van der Waals surface area contributed by atoms with E-state index < -0.39 is 0 Å². The number of ether oxygens (including phenoxy) is 3. The van der Waals surface area contributed by atoms with E-state index in [-0.39, 0.29) is 0 Å². The Labute approximate surface area is 115 Å². The van der Waals surface area contributed by atoms with Crippen LogP contribution in [0.2, 0.25) is 0 Å². The molecule has 1 aliphatic rings. The maximum atomic E-state index is 5.69. The predicted octanol–water partition coefficient (Wildman–Crippen LogP) is 3.07. The number of methoxy groups -OCH3 is 2. The molecule has 0 saturated carbocycles. The van der Waals surface area contributed by atoms with Crippen molar-refractivity contribution in [3.8, 4) is 11.5 Å². The zero-order chi connectivity index (χ0) is 13.7. The lowest BCUT2D eigenvalue weighted by Gasteiger charge is -2.30. The molecule has 2 unspecified atom stereocenters. The van der Waals surface area contributed by atoms with E-state index in [2.05, 4.69) is 12.2 Å². The van der Waals surface area contributed by atoms with E-state index in [1.165, 1.54) is 0 Å². The molecule has 1 saturated heterocycles. The lowest BCUT2D eigenvalue weighted by atomic mass is 10.0. The fraction of sp³-hybridized carbons (Fsp3) is 0.600. The number of nitrogens with one attached hydrogen (secondary N) is 1. The smallest absolute Gasteiger partial charge is 0.162 e. The molecule has 19 heavy (non-hydrogen) atoms. The molecular formula is C15H23NO3. The van der Waals surface area contributed by atoms with Gasteiger partial charge in [0.15, 0.2) is 11.5 Å². The van der Waals surface area contributed by atoms with Crippen molar-refractivity contribution in [3.05, 3.63) is 18.2 Å². The normalized spacial score (nSPS) is 22.9. The number of anilines is 1. The Hall–Kier alpha value is -1.42. The summed E-state index contributed by atoms with van der Waals surface area (Å²) in [5, 5.41) is 3.56. The van der Waals surface area contributed by atoms with Crippen LogP contribution in [0.5, 0.6) is 11.5 Å². The van der Waals surface area contributed by atoms with Crippen molar-refractivity contribution in [1.29, 1.82) is 0 Å². The van der Waals surface area contributed by atoms with E-state index >= 15 is 0 Å². The third-order valence-electron chi connectivity index (χ3n) is 3.58. The Kier molecular flexibility index (Phi) is 4.91. The average molecular weight is 265 g/mol. The van der Waals surface area contributed by atoms with Crippen LogP contribution in [0, 0.1) is 0 Å². The molecule has 2 atom stereocenters. The summed E-state index contributed by atoms with van der Waals surface area (Å²) in [6.45, 7) is 3.01. The first kappa shape index (κ1) is 14.0. The van der Waals surface area contributed by atoms with Gasteiger partial charge >= 0.3 is 0 Å². The summed E-state index contributed by atoms with van der Waals surface area (Å²) < 4.78 is 16.3. The van der Waals surface area contributed by atoms with E-state index in [4.69, 9.17) is 14.2 Å². The number of hydrogen-bond donors (Lipinski definition) is 1. The van der Waals surface area contributed by atoms with E-state index in [1.54, 1.807) is 14.2 Å². The summed E-state index contributed by atoms with van der Waals surface area (Å²) >= 11 is 0. The highest BCUT2D eigenvalue weighted by molar-refractivity contribution is 5.55. The highest BCUT2D eigenvalue weighted by atomic mass is 16.5. The van der Waals surface area contributed by atoms with Gasteiger partial charge in [-0.15, -0.1) is 0 Å². The summed E-state index contributed by atoms with van der Waals surface area (Å²) in [5.74, 6) is 1.51. The molecule has 1 aliphatic heterocycles. The van der Waals surface area contributed by atoms with Crippen molar-refractivity contribution in [2.24, 2.45) is 0 Å². The topological polar surface area (TPSA) is 39.7 Å². The van der Waals surface area contributed by atoms with E-state index in [0.29, 0.717) is 12.1 Å². The van der Waals surface area contributed by atoms with Crippen LogP contribution in [0.25, 0.3) is 0 Å². The van der Waals surface area contributed by atoms with Crippen LogP contribution in [0.1, 0.15) is 26.2 Å². The first-order valence-corrected chi connectivity index (χ1v) is 6.87. The maximum Gasteiger partial charge on any atom is 0.162 e. The fourth-order valence-electron chi connectivity index (χ4n) is 2.46. The van der Waals surface area contributed by atoms with Gasteiger partial charge in [-0.3, -0.25) is 0 Å². The second-order valence-corrected chi connectivity index (χ2v) is 4.84. The zero-order valence-electron chi connectivity index (χ0n) is 11.9. The standard InChI is InChI=1S/C15H23NO3/c1-4-13-9-12(7-8-19-13)16-11-5-6-14(17-2)15(10-11)18-3/h5-6,10,12-13,16H,4,7-9H2,1-3H3. The molecule has 0 bridgehead atoms. The summed E-state index contributed by atoms with van der Waals surface area (Å²) in [5.41, 5.74) is 1.07. The van der Waals surface area contributed by atoms with Crippen molar-refractivity contribution < 1.29 is 14.2 Å². The second kappa shape index (κ2) is 6.66. The Morgan fingerprint density at radius 2 is 2.05 bits per heavy atom. The minimum absolute atomic E-state index is 0.381. The first-order chi connectivity index (χ1) is 9.26. The van der Waals surface area contributed by atoms with Crippen molar-refractivity contribution in [3.63, 3.8) is 0 Å². The zero-order valence-corrected chi connectivity index (χ0v) is 11.9. The van der Waals surface area contributed by atoms with Gasteiger partial charge in [-0.25, -0.2) is 0 Å². The molecule has 0 aromatic heterocycles. The highest BCUT2D eigenvalue weighted by Gasteiger charge is 2.21. The Morgan fingerprint density at radius 3 is 2.74 bits per heavy atom. The molecule has 0 radical (unpaired) electrons. The molecule has 0 aliphatic carbocycles. The summed E-state index contributed by atoms with van der Waals surface area (Å²) in [4.78, 5) is 0. The van der Waals surface area contributed by atoms with Crippen LogP contribution in [0.4, 0.5) is 5.69 Å². The van der Waals surface area contributed by atoms with Crippen LogP contribution in [0.15, 0.2) is 18.2 Å². The summed E-state index contributed by atoms with van der Waals surface area (Å²) in [7, 11) is 3.30. The summed E-state index contributed by atoms with van der Waals surface area (Å²) in [6.07, 6.45) is 3.56. The van der Waals surface area contributed by atoms with Gasteiger partial charge in [0.05, 0.1) is 20.3 Å². The molecule has 0 spiro atoms. The van der Waals surface area contributed by atoms with Gasteiger partial charge in [-0.2, -0.15) is 0 Å². The number of hydrogen-bond acceptors (Lipinski definition) is 4. The number of benzene rings is 1. The quantitative estimate of drug-likeness (QED) is 0.888. The van der Waals surface area contributed by atoms with Crippen LogP contribution in [-0.4, -0.2) is 33.0 Å². The van der Waals surface area contributed by atoms with Crippen molar-refractivity contribution >= 4 is 5.69 Å². The molecule has 1 aromatic carbocycles. The molecule has 1 aromatic rings. The molecule has 106 valence electrons. The third kappa shape index (κ3) is 3.53. The Morgan fingerprint density at radius 1 is 1.26 bits per heavy atom. The van der Waals surface area contributed by atoms with Crippen LogP contribution in [-0.2, 0) is 4.74 Å². The Bertz CT molecular complexity index is 408. The maximum absolute atomic E-state index is 5.69. The Balaban J connectivity index is 2.02. The molecule has 1 N–H and O–H groups in total. The molecule has 0 amide bonds. The van der Waals surface area contributed by atoms with E-state index in [1.807, 2.05) is 18.2 Å². The van der Waals surface area contributed by atoms with Crippen molar-refractivity contribution in [2.45, 2.75) is 38.3 Å². The van der Waals surface area contributed by atoms with Gasteiger partial charge in [0.1, 0.15) is 0 Å². The van der Waals surface area contributed by atoms with Crippen molar-refractivity contribution in [2.75, 3.05) is 26.1 Å². The van der Waals surface area contributed by atoms with Gasteiger partial charge in [0.25, 0.3) is 0 Å². The fourth-order valence-corrected chi connectivity index (χ4v) is 2.46. The molecule has 4 nitrogen and oxygen atoms in total. The van der Waals surface area contributed by atoms with Gasteiger partial charge in [0.2, 0.25) is 0 Å². The third-order valence-corrected chi connectivity index (χ3v) is 3.58. The molecule has 2 rings (SSSR count). The number of rotatable bonds is 5. The summed E-state index contributed by atoms with van der Waals surface area (Å²) in [6, 6.07) is 6.40. The van der Waals surface area contributed by atoms with Crippen LogP contribution < -0.4 is 14.8 Å².